The molecule has 6 nitrogen and oxygen atoms in total. The summed E-state index contributed by atoms with van der Waals surface area (Å²) in [5.41, 5.74) is 4.80. The number of primary amides is 1. The van der Waals surface area contributed by atoms with Gasteiger partial charge in [0.15, 0.2) is 0 Å². The number of carbonyl (C=O) groups excluding carboxylic acids is 2. The van der Waals surface area contributed by atoms with Crippen molar-refractivity contribution in [3.63, 3.8) is 0 Å². The van der Waals surface area contributed by atoms with E-state index in [1.807, 2.05) is 10.2 Å². The van der Waals surface area contributed by atoms with E-state index < -0.39 is 11.9 Å². The summed E-state index contributed by atoms with van der Waals surface area (Å²) >= 11 is 0. The number of aliphatic hydroxyl groups excluding tert-OH is 1. The summed E-state index contributed by atoms with van der Waals surface area (Å²) in [6.45, 7) is 0.940. The molecule has 1 aliphatic rings. The molecule has 0 aliphatic carbocycles. The van der Waals surface area contributed by atoms with Gasteiger partial charge in [0.05, 0.1) is 13.2 Å². The van der Waals surface area contributed by atoms with Crippen molar-refractivity contribution in [3.8, 4) is 0 Å². The first-order valence-electron chi connectivity index (χ1n) is 4.57. The number of nitrogens with zero attached hydrogens (tertiary/aromatic N) is 1. The normalized spacial score (nSPS) is 22.2. The van der Waals surface area contributed by atoms with E-state index in [2.05, 4.69) is 0 Å². The Balaban J connectivity index is 2.35. The summed E-state index contributed by atoms with van der Waals surface area (Å²) in [6, 6.07) is -0.802. The van der Waals surface area contributed by atoms with Crippen LogP contribution in [0.2, 0.25) is 0 Å². The van der Waals surface area contributed by atoms with E-state index >= 15 is 0 Å². The SMILES string of the molecule is NC(=O)NC(=O)CN1CCC[C@H]1CO. The molecule has 0 radical (unpaired) electrons. The number of amides is 3. The number of hydrogen-bond donors (Lipinski definition) is 3. The highest BCUT2D eigenvalue weighted by Gasteiger charge is 2.25. The van der Waals surface area contributed by atoms with Gasteiger partial charge in [-0.05, 0) is 19.4 Å². The number of hydrogen-bond acceptors (Lipinski definition) is 4. The molecule has 1 rings (SSSR count). The van der Waals surface area contributed by atoms with Crippen LogP contribution >= 0.6 is 0 Å². The van der Waals surface area contributed by atoms with Crippen molar-refractivity contribution in [2.45, 2.75) is 18.9 Å². The summed E-state index contributed by atoms with van der Waals surface area (Å²) in [5, 5.41) is 11.0. The summed E-state index contributed by atoms with van der Waals surface area (Å²) in [5.74, 6) is -0.419. The van der Waals surface area contributed by atoms with E-state index in [0.29, 0.717) is 0 Å². The van der Waals surface area contributed by atoms with Crippen LogP contribution in [0.5, 0.6) is 0 Å². The van der Waals surface area contributed by atoms with Gasteiger partial charge in [0, 0.05) is 6.04 Å². The number of nitrogens with two attached hydrogens (primary N) is 1. The van der Waals surface area contributed by atoms with Gasteiger partial charge in [0.1, 0.15) is 0 Å². The number of imide groups is 1. The lowest BCUT2D eigenvalue weighted by Gasteiger charge is -2.21. The Labute approximate surface area is 82.1 Å². The standard InChI is InChI=1S/C8H15N3O3/c9-8(14)10-7(13)4-11-3-1-2-6(11)5-12/h6,12H,1-5H2,(H3,9,10,13,14)/t6-/m0/s1. The van der Waals surface area contributed by atoms with E-state index in [1.54, 1.807) is 0 Å². The predicted molar refractivity (Wildman–Crippen MR) is 49.4 cm³/mol. The van der Waals surface area contributed by atoms with Crippen LogP contribution in [0.25, 0.3) is 0 Å². The molecule has 0 aromatic carbocycles. The van der Waals surface area contributed by atoms with Crippen LogP contribution in [0, 0.1) is 0 Å². The molecule has 0 aromatic heterocycles. The number of urea groups is 1. The third kappa shape index (κ3) is 2.97. The van der Waals surface area contributed by atoms with Crippen LogP contribution < -0.4 is 11.1 Å². The van der Waals surface area contributed by atoms with Crippen molar-refractivity contribution < 1.29 is 14.7 Å². The highest BCUT2D eigenvalue weighted by Crippen LogP contribution is 2.15. The van der Waals surface area contributed by atoms with E-state index in [1.165, 1.54) is 0 Å². The molecular weight excluding hydrogens is 186 g/mol. The van der Waals surface area contributed by atoms with Gasteiger partial charge in [-0.15, -0.1) is 0 Å². The lowest BCUT2D eigenvalue weighted by Crippen LogP contribution is -2.44. The van der Waals surface area contributed by atoms with Crippen molar-refractivity contribution in [1.29, 1.82) is 0 Å². The van der Waals surface area contributed by atoms with Gasteiger partial charge in [-0.25, -0.2) is 4.79 Å². The minimum atomic E-state index is -0.838. The van der Waals surface area contributed by atoms with Crippen molar-refractivity contribution in [3.05, 3.63) is 0 Å². The molecule has 14 heavy (non-hydrogen) atoms. The summed E-state index contributed by atoms with van der Waals surface area (Å²) in [4.78, 5) is 23.3. The van der Waals surface area contributed by atoms with Gasteiger partial charge in [0.25, 0.3) is 0 Å². The highest BCUT2D eigenvalue weighted by atomic mass is 16.3. The van der Waals surface area contributed by atoms with Crippen molar-refractivity contribution in [2.75, 3.05) is 19.7 Å². The Morgan fingerprint density at radius 2 is 2.29 bits per heavy atom. The average molecular weight is 201 g/mol. The fraction of sp³-hybridized carbons (Fsp3) is 0.750. The maximum absolute atomic E-state index is 11.1. The second kappa shape index (κ2) is 4.92. The number of aliphatic hydroxyl groups is 1. The zero-order valence-electron chi connectivity index (χ0n) is 7.90. The Kier molecular flexibility index (Phi) is 3.84. The van der Waals surface area contributed by atoms with Gasteiger partial charge in [0.2, 0.25) is 5.91 Å². The summed E-state index contributed by atoms with van der Waals surface area (Å²) < 4.78 is 0. The van der Waals surface area contributed by atoms with Gasteiger partial charge >= 0.3 is 6.03 Å². The Morgan fingerprint density at radius 1 is 1.57 bits per heavy atom. The van der Waals surface area contributed by atoms with E-state index in [9.17, 15) is 9.59 Å². The number of rotatable bonds is 3. The van der Waals surface area contributed by atoms with Gasteiger partial charge in [-0.1, -0.05) is 0 Å². The van der Waals surface area contributed by atoms with Crippen molar-refractivity contribution in [2.24, 2.45) is 5.73 Å². The molecule has 1 saturated heterocycles. The summed E-state index contributed by atoms with van der Waals surface area (Å²) in [6.07, 6.45) is 1.86. The van der Waals surface area contributed by atoms with Crippen LogP contribution in [0.1, 0.15) is 12.8 Å². The summed E-state index contributed by atoms with van der Waals surface area (Å²) in [7, 11) is 0. The topological polar surface area (TPSA) is 95.7 Å². The molecule has 1 heterocycles. The van der Waals surface area contributed by atoms with E-state index in [0.717, 1.165) is 19.4 Å². The van der Waals surface area contributed by atoms with E-state index in [4.69, 9.17) is 10.8 Å². The third-order valence-electron chi connectivity index (χ3n) is 2.32. The minimum absolute atomic E-state index is 0.0358. The zero-order chi connectivity index (χ0) is 10.6. The van der Waals surface area contributed by atoms with Crippen LogP contribution in [0.15, 0.2) is 0 Å². The lowest BCUT2D eigenvalue weighted by atomic mass is 10.2. The smallest absolute Gasteiger partial charge is 0.318 e. The van der Waals surface area contributed by atoms with E-state index in [-0.39, 0.29) is 19.2 Å². The van der Waals surface area contributed by atoms with Crippen LogP contribution in [-0.2, 0) is 4.79 Å². The average Bonchev–Trinajstić information content (AvgIpc) is 2.50. The fourth-order valence-corrected chi connectivity index (χ4v) is 1.67. The Morgan fingerprint density at radius 3 is 2.86 bits per heavy atom. The molecule has 1 aliphatic heterocycles. The molecule has 0 saturated carbocycles. The monoisotopic (exact) mass is 201 g/mol. The molecule has 0 bridgehead atoms. The minimum Gasteiger partial charge on any atom is -0.395 e. The molecular formula is C8H15N3O3. The first kappa shape index (κ1) is 10.9. The maximum Gasteiger partial charge on any atom is 0.318 e. The quantitative estimate of drug-likeness (QED) is 0.525. The molecule has 80 valence electrons. The van der Waals surface area contributed by atoms with Crippen LogP contribution in [0.3, 0.4) is 0 Å². The van der Waals surface area contributed by atoms with Crippen molar-refractivity contribution >= 4 is 11.9 Å². The number of likely N-dealkylation sites (tertiary alicyclic amines) is 1. The lowest BCUT2D eigenvalue weighted by molar-refractivity contribution is -0.121. The largest absolute Gasteiger partial charge is 0.395 e. The highest BCUT2D eigenvalue weighted by molar-refractivity contribution is 5.94. The fourth-order valence-electron chi connectivity index (χ4n) is 1.67. The predicted octanol–water partition coefficient (Wildman–Crippen LogP) is -1.36. The van der Waals surface area contributed by atoms with Crippen LogP contribution in [0.4, 0.5) is 4.79 Å². The molecule has 0 unspecified atom stereocenters. The molecule has 6 heteroatoms. The zero-order valence-corrected chi connectivity index (χ0v) is 7.90. The van der Waals surface area contributed by atoms with Gasteiger partial charge in [-0.3, -0.25) is 15.0 Å². The second-order valence-electron chi connectivity index (χ2n) is 3.36. The molecule has 0 spiro atoms. The number of carbonyl (C=O) groups is 2. The first-order valence-corrected chi connectivity index (χ1v) is 4.57. The first-order chi connectivity index (χ1) is 6.63. The molecule has 0 aromatic rings. The van der Waals surface area contributed by atoms with Gasteiger partial charge in [-0.2, -0.15) is 0 Å². The van der Waals surface area contributed by atoms with Crippen molar-refractivity contribution in [1.82, 2.24) is 10.2 Å². The Hall–Kier alpha value is -1.14. The number of nitrogens with one attached hydrogen (secondary N) is 1. The molecule has 4 N–H and O–H groups in total. The van der Waals surface area contributed by atoms with Crippen LogP contribution in [-0.4, -0.2) is 47.7 Å². The second-order valence-corrected chi connectivity index (χ2v) is 3.36. The Bertz CT molecular complexity index is 232. The van der Waals surface area contributed by atoms with Gasteiger partial charge < -0.3 is 10.8 Å². The maximum atomic E-state index is 11.1. The molecule has 1 atom stereocenters. The molecule has 1 fully saturated rings. The molecule has 3 amide bonds. The third-order valence-corrected chi connectivity index (χ3v) is 2.32.